The van der Waals surface area contributed by atoms with E-state index in [0.717, 1.165) is 5.92 Å². The van der Waals surface area contributed by atoms with E-state index in [1.165, 1.54) is 30.2 Å². The van der Waals surface area contributed by atoms with Crippen LogP contribution in [0, 0.1) is 0 Å². The van der Waals surface area contributed by atoms with Crippen LogP contribution in [-0.4, -0.2) is 0 Å². The highest BCUT2D eigenvalue weighted by Gasteiger charge is 2.24. The minimum Gasteiger partial charge on any atom is -0.0833 e. The smallest absolute Gasteiger partial charge is 0.0111 e. The molecule has 0 aliphatic heterocycles. The zero-order valence-corrected chi connectivity index (χ0v) is 9.24. The first-order chi connectivity index (χ1) is 7.93. The highest BCUT2D eigenvalue weighted by Crippen LogP contribution is 2.43. The molecule has 2 aliphatic rings. The molecule has 78 valence electrons. The summed E-state index contributed by atoms with van der Waals surface area (Å²) in [7, 11) is 0. The molecule has 0 nitrogen and oxygen atoms in total. The fraction of sp³-hybridized carbons (Fsp3) is 0.250. The quantitative estimate of drug-likeness (QED) is 0.603. The van der Waals surface area contributed by atoms with E-state index in [1.54, 1.807) is 16.5 Å². The van der Waals surface area contributed by atoms with Gasteiger partial charge < -0.3 is 0 Å². The van der Waals surface area contributed by atoms with Crippen molar-refractivity contribution in [2.75, 3.05) is 0 Å². The Morgan fingerprint density at radius 3 is 3.06 bits per heavy atom. The Morgan fingerprint density at radius 2 is 2.06 bits per heavy atom. The van der Waals surface area contributed by atoms with E-state index < -0.39 is 0 Å². The van der Waals surface area contributed by atoms with Gasteiger partial charge in [0.15, 0.2) is 0 Å². The third-order valence-electron chi connectivity index (χ3n) is 4.09. The van der Waals surface area contributed by atoms with E-state index >= 15 is 0 Å². The fourth-order valence-electron chi connectivity index (χ4n) is 3.36. The van der Waals surface area contributed by atoms with Gasteiger partial charge in [0.1, 0.15) is 0 Å². The van der Waals surface area contributed by atoms with Crippen LogP contribution in [0.4, 0.5) is 0 Å². The summed E-state index contributed by atoms with van der Waals surface area (Å²) in [6.45, 7) is 0. The number of allylic oxidation sites excluding steroid dienone is 1. The predicted octanol–water partition coefficient (Wildman–Crippen LogP) is 4.29. The molecule has 0 heteroatoms. The van der Waals surface area contributed by atoms with E-state index in [2.05, 4.69) is 42.5 Å². The van der Waals surface area contributed by atoms with Gasteiger partial charge in [-0.1, -0.05) is 42.5 Å². The van der Waals surface area contributed by atoms with Gasteiger partial charge in [0.2, 0.25) is 0 Å². The lowest BCUT2D eigenvalue weighted by Crippen LogP contribution is -2.11. The standard InChI is InChI=1S/C16H14/c1-3-11-7-9-13-5-2-6-14-10-8-12(4-1)15(11)16(13)14/h1-5,7,9,14H,6,8,10H2. The molecule has 0 saturated heterocycles. The lowest BCUT2D eigenvalue weighted by molar-refractivity contribution is 0.619. The highest BCUT2D eigenvalue weighted by molar-refractivity contribution is 5.93. The van der Waals surface area contributed by atoms with Gasteiger partial charge in [-0.05, 0) is 52.6 Å². The number of hydrogen-bond acceptors (Lipinski definition) is 0. The van der Waals surface area contributed by atoms with Crippen LogP contribution in [0.3, 0.4) is 0 Å². The Morgan fingerprint density at radius 1 is 1.06 bits per heavy atom. The van der Waals surface area contributed by atoms with Crippen molar-refractivity contribution < 1.29 is 0 Å². The van der Waals surface area contributed by atoms with E-state index in [4.69, 9.17) is 0 Å². The first kappa shape index (κ1) is 8.58. The van der Waals surface area contributed by atoms with Gasteiger partial charge in [0.05, 0.1) is 0 Å². The molecule has 1 atom stereocenters. The molecular weight excluding hydrogens is 192 g/mol. The second-order valence-electron chi connectivity index (χ2n) is 4.96. The molecule has 0 bridgehead atoms. The zero-order chi connectivity index (χ0) is 10.5. The number of benzene rings is 2. The molecule has 0 radical (unpaired) electrons. The summed E-state index contributed by atoms with van der Waals surface area (Å²) in [6.07, 6.45) is 8.46. The van der Waals surface area contributed by atoms with Gasteiger partial charge in [-0.25, -0.2) is 0 Å². The largest absolute Gasteiger partial charge is 0.0833 e. The SMILES string of the molecule is C1=Cc2ccc3cccc4c3c2C(C1)CC4. The maximum atomic E-state index is 2.34. The second kappa shape index (κ2) is 2.98. The van der Waals surface area contributed by atoms with Gasteiger partial charge in [0, 0.05) is 0 Å². The summed E-state index contributed by atoms with van der Waals surface area (Å²) in [5.41, 5.74) is 4.64. The molecule has 0 spiro atoms. The van der Waals surface area contributed by atoms with Crippen LogP contribution < -0.4 is 0 Å². The van der Waals surface area contributed by atoms with Gasteiger partial charge in [0.25, 0.3) is 0 Å². The van der Waals surface area contributed by atoms with Crippen molar-refractivity contribution in [1.82, 2.24) is 0 Å². The van der Waals surface area contributed by atoms with Crippen molar-refractivity contribution in [3.05, 3.63) is 53.1 Å². The molecule has 0 aromatic heterocycles. The van der Waals surface area contributed by atoms with Crippen LogP contribution >= 0.6 is 0 Å². The lowest BCUT2D eigenvalue weighted by atomic mass is 9.75. The average molecular weight is 206 g/mol. The fourth-order valence-corrected chi connectivity index (χ4v) is 3.36. The third-order valence-corrected chi connectivity index (χ3v) is 4.09. The third kappa shape index (κ3) is 0.996. The molecule has 2 aliphatic carbocycles. The summed E-state index contributed by atoms with van der Waals surface area (Å²) in [4.78, 5) is 0. The van der Waals surface area contributed by atoms with Crippen molar-refractivity contribution >= 4 is 16.8 Å². The summed E-state index contributed by atoms with van der Waals surface area (Å²) in [5, 5.41) is 2.98. The van der Waals surface area contributed by atoms with Crippen LogP contribution in [0.1, 0.15) is 35.4 Å². The van der Waals surface area contributed by atoms with Crippen molar-refractivity contribution in [1.29, 1.82) is 0 Å². The van der Waals surface area contributed by atoms with E-state index in [1.807, 2.05) is 0 Å². The molecule has 2 aromatic carbocycles. The number of rotatable bonds is 0. The van der Waals surface area contributed by atoms with Crippen molar-refractivity contribution in [3.8, 4) is 0 Å². The Bertz CT molecular complexity index is 605. The van der Waals surface area contributed by atoms with Crippen LogP contribution in [0.25, 0.3) is 16.8 Å². The Balaban J connectivity index is 2.22. The predicted molar refractivity (Wildman–Crippen MR) is 68.7 cm³/mol. The van der Waals surface area contributed by atoms with Crippen molar-refractivity contribution in [3.63, 3.8) is 0 Å². The Hall–Kier alpha value is -1.56. The molecule has 1 unspecified atom stereocenters. The van der Waals surface area contributed by atoms with Crippen LogP contribution in [0.2, 0.25) is 0 Å². The van der Waals surface area contributed by atoms with Gasteiger partial charge in [-0.3, -0.25) is 0 Å². The topological polar surface area (TPSA) is 0 Å². The Kier molecular flexibility index (Phi) is 1.59. The van der Waals surface area contributed by atoms with Gasteiger partial charge in [-0.2, -0.15) is 0 Å². The number of aryl methyl sites for hydroxylation is 1. The molecule has 2 aromatic rings. The molecule has 16 heavy (non-hydrogen) atoms. The molecule has 0 heterocycles. The maximum absolute atomic E-state index is 2.34. The summed E-state index contributed by atoms with van der Waals surface area (Å²) in [5.74, 6) is 0.776. The minimum absolute atomic E-state index is 0.776. The molecule has 0 amide bonds. The monoisotopic (exact) mass is 206 g/mol. The van der Waals surface area contributed by atoms with Gasteiger partial charge in [-0.15, -0.1) is 0 Å². The first-order valence-electron chi connectivity index (χ1n) is 6.14. The Labute approximate surface area is 95.6 Å². The molecular formula is C16H14. The summed E-state index contributed by atoms with van der Waals surface area (Å²) < 4.78 is 0. The number of hydrogen-bond donors (Lipinski definition) is 0. The summed E-state index contributed by atoms with van der Waals surface area (Å²) in [6, 6.07) is 11.3. The van der Waals surface area contributed by atoms with E-state index in [9.17, 15) is 0 Å². The van der Waals surface area contributed by atoms with Crippen LogP contribution in [0.5, 0.6) is 0 Å². The van der Waals surface area contributed by atoms with E-state index in [-0.39, 0.29) is 0 Å². The second-order valence-corrected chi connectivity index (χ2v) is 4.96. The lowest BCUT2D eigenvalue weighted by Gasteiger charge is -2.29. The van der Waals surface area contributed by atoms with Crippen LogP contribution in [0.15, 0.2) is 36.4 Å². The van der Waals surface area contributed by atoms with Crippen molar-refractivity contribution in [2.24, 2.45) is 0 Å². The first-order valence-corrected chi connectivity index (χ1v) is 6.14. The van der Waals surface area contributed by atoms with E-state index in [0.29, 0.717) is 0 Å². The molecule has 4 rings (SSSR count). The minimum atomic E-state index is 0.776. The van der Waals surface area contributed by atoms with Gasteiger partial charge >= 0.3 is 0 Å². The maximum Gasteiger partial charge on any atom is -0.0111 e. The zero-order valence-electron chi connectivity index (χ0n) is 9.24. The molecule has 0 fully saturated rings. The molecule has 0 N–H and O–H groups in total. The normalized spacial score (nSPS) is 21.4. The van der Waals surface area contributed by atoms with Crippen LogP contribution in [-0.2, 0) is 6.42 Å². The van der Waals surface area contributed by atoms with Crippen molar-refractivity contribution in [2.45, 2.75) is 25.2 Å². The molecule has 0 saturated carbocycles. The average Bonchev–Trinajstić information content (AvgIpc) is 2.36. The summed E-state index contributed by atoms with van der Waals surface area (Å²) >= 11 is 0. The highest BCUT2D eigenvalue weighted by atomic mass is 14.3.